The molecule has 0 radical (unpaired) electrons. The molecular weight excluding hydrogens is 629 g/mol. The first-order chi connectivity index (χ1) is 25.8. The number of hydrogen-bond acceptors (Lipinski definition) is 1. The second-order valence-corrected chi connectivity index (χ2v) is 13.7. The van der Waals surface area contributed by atoms with Gasteiger partial charge in [-0.3, -0.25) is 0 Å². The van der Waals surface area contributed by atoms with Crippen LogP contribution in [-0.4, -0.2) is 4.57 Å². The third-order valence-corrected chi connectivity index (χ3v) is 10.7. The Morgan fingerprint density at radius 3 is 1.83 bits per heavy atom. The van der Waals surface area contributed by atoms with E-state index in [9.17, 15) is 0 Å². The number of anilines is 2. The topological polar surface area (TPSA) is 8.17 Å². The molecule has 8 aromatic carbocycles. The predicted octanol–water partition coefficient (Wildman–Crippen LogP) is 13.7. The maximum absolute atomic E-state index is 2.44. The molecule has 1 aliphatic rings. The van der Waals surface area contributed by atoms with Gasteiger partial charge in [-0.05, 0) is 99.8 Å². The average molecular weight is 665 g/mol. The molecule has 0 fully saturated rings. The number of hydrogen-bond donors (Lipinski definition) is 0. The zero-order valence-corrected chi connectivity index (χ0v) is 28.8. The molecule has 1 heterocycles. The van der Waals surface area contributed by atoms with E-state index in [1.165, 1.54) is 88.4 Å². The van der Waals surface area contributed by atoms with E-state index < -0.39 is 0 Å². The highest BCUT2D eigenvalue weighted by molar-refractivity contribution is 6.18. The summed E-state index contributed by atoms with van der Waals surface area (Å²) in [7, 11) is 0. The van der Waals surface area contributed by atoms with Crippen molar-refractivity contribution >= 4 is 60.3 Å². The molecule has 9 aromatic rings. The summed E-state index contributed by atoms with van der Waals surface area (Å²) < 4.78 is 2.44. The van der Waals surface area contributed by atoms with Crippen molar-refractivity contribution in [2.75, 3.05) is 4.90 Å². The van der Waals surface area contributed by atoms with Crippen LogP contribution in [0.25, 0.3) is 65.7 Å². The summed E-state index contributed by atoms with van der Waals surface area (Å²) in [6.07, 6.45) is 6.57. The molecule has 0 saturated carbocycles. The number of nitrogens with zero attached hydrogens (tertiary/aromatic N) is 2. The smallest absolute Gasteiger partial charge is 0.0619 e. The van der Waals surface area contributed by atoms with Gasteiger partial charge in [0.1, 0.15) is 0 Å². The summed E-state index contributed by atoms with van der Waals surface area (Å²) in [6.45, 7) is 0. The van der Waals surface area contributed by atoms with Crippen molar-refractivity contribution in [1.82, 2.24) is 4.57 Å². The highest BCUT2D eigenvalue weighted by atomic mass is 15.1. The van der Waals surface area contributed by atoms with Crippen molar-refractivity contribution in [2.24, 2.45) is 0 Å². The second kappa shape index (κ2) is 12.6. The van der Waals surface area contributed by atoms with Gasteiger partial charge in [-0.15, -0.1) is 0 Å². The zero-order chi connectivity index (χ0) is 34.4. The van der Waals surface area contributed by atoms with E-state index in [4.69, 9.17) is 0 Å². The average Bonchev–Trinajstić information content (AvgIpc) is 3.57. The van der Waals surface area contributed by atoms with Gasteiger partial charge in [0.25, 0.3) is 0 Å². The fraction of sp³-hybridized carbons (Fsp3) is 0.0400. The van der Waals surface area contributed by atoms with E-state index in [0.29, 0.717) is 0 Å². The number of para-hydroxylation sites is 1. The van der Waals surface area contributed by atoms with E-state index in [2.05, 4.69) is 204 Å². The van der Waals surface area contributed by atoms with Gasteiger partial charge in [-0.25, -0.2) is 0 Å². The molecule has 10 rings (SSSR count). The third-order valence-electron chi connectivity index (χ3n) is 10.7. The largest absolute Gasteiger partial charge is 0.314 e. The van der Waals surface area contributed by atoms with Crippen molar-refractivity contribution in [1.29, 1.82) is 0 Å². The van der Waals surface area contributed by atoms with Crippen LogP contribution in [0.1, 0.15) is 18.4 Å². The fourth-order valence-electron chi connectivity index (χ4n) is 8.11. The molecule has 0 spiro atoms. The van der Waals surface area contributed by atoms with Crippen LogP contribution in [0.4, 0.5) is 11.4 Å². The maximum atomic E-state index is 2.44. The molecule has 0 N–H and O–H groups in total. The van der Waals surface area contributed by atoms with Crippen molar-refractivity contribution in [3.8, 4) is 16.8 Å². The summed E-state index contributed by atoms with van der Waals surface area (Å²) in [5, 5.41) is 7.61. The SMILES string of the molecule is C1=C(c2ccc(-n3c4ccccc4c4ccc5ccccc5c43)cc2)CCC(N(c2ccc(-c3ccccc3)cc2)c2ccc3ccccc3c2)=C1. The second-order valence-electron chi connectivity index (χ2n) is 13.7. The first-order valence-electron chi connectivity index (χ1n) is 18.1. The van der Waals surface area contributed by atoms with Crippen LogP contribution in [0.2, 0.25) is 0 Å². The van der Waals surface area contributed by atoms with Gasteiger partial charge in [-0.2, -0.15) is 0 Å². The summed E-state index contributed by atoms with van der Waals surface area (Å²) >= 11 is 0. The lowest BCUT2D eigenvalue weighted by atomic mass is 9.94. The van der Waals surface area contributed by atoms with Crippen molar-refractivity contribution in [2.45, 2.75) is 12.8 Å². The molecule has 0 unspecified atom stereocenters. The maximum Gasteiger partial charge on any atom is 0.0619 e. The van der Waals surface area contributed by atoms with E-state index >= 15 is 0 Å². The Morgan fingerprint density at radius 2 is 1.04 bits per heavy atom. The van der Waals surface area contributed by atoms with Crippen LogP contribution in [-0.2, 0) is 0 Å². The van der Waals surface area contributed by atoms with Crippen molar-refractivity contribution < 1.29 is 0 Å². The molecule has 52 heavy (non-hydrogen) atoms. The lowest BCUT2D eigenvalue weighted by Crippen LogP contribution is -2.17. The number of fused-ring (bicyclic) bond motifs is 6. The Hall–Kier alpha value is -6.64. The molecular formula is C50H36N2. The van der Waals surface area contributed by atoms with Gasteiger partial charge in [0.2, 0.25) is 0 Å². The molecule has 2 nitrogen and oxygen atoms in total. The monoisotopic (exact) mass is 664 g/mol. The normalized spacial score (nSPS) is 13.1. The highest BCUT2D eigenvalue weighted by Gasteiger charge is 2.20. The van der Waals surface area contributed by atoms with Gasteiger partial charge < -0.3 is 9.47 Å². The van der Waals surface area contributed by atoms with Crippen molar-refractivity contribution in [3.63, 3.8) is 0 Å². The number of benzene rings is 8. The summed E-state index contributed by atoms with van der Waals surface area (Å²) in [4.78, 5) is 2.43. The highest BCUT2D eigenvalue weighted by Crippen LogP contribution is 2.40. The Morgan fingerprint density at radius 1 is 0.404 bits per heavy atom. The van der Waals surface area contributed by atoms with E-state index in [1.54, 1.807) is 0 Å². The summed E-state index contributed by atoms with van der Waals surface area (Å²) in [6, 6.07) is 66.2. The summed E-state index contributed by atoms with van der Waals surface area (Å²) in [5.74, 6) is 0. The number of rotatable bonds is 6. The van der Waals surface area contributed by atoms with Crippen LogP contribution in [0.3, 0.4) is 0 Å². The van der Waals surface area contributed by atoms with Crippen LogP contribution in [0, 0.1) is 0 Å². The van der Waals surface area contributed by atoms with Crippen molar-refractivity contribution in [3.05, 3.63) is 205 Å². The number of allylic oxidation sites excluding steroid dienone is 4. The molecule has 0 saturated heterocycles. The minimum absolute atomic E-state index is 0.944. The molecule has 0 atom stereocenters. The first kappa shape index (κ1) is 30.2. The van der Waals surface area contributed by atoms with Gasteiger partial charge in [0.15, 0.2) is 0 Å². The van der Waals surface area contributed by atoms with Crippen LogP contribution in [0.15, 0.2) is 200 Å². The van der Waals surface area contributed by atoms with Gasteiger partial charge in [0.05, 0.1) is 11.0 Å². The molecule has 1 aromatic heterocycles. The molecule has 1 aliphatic carbocycles. The van der Waals surface area contributed by atoms with E-state index in [1.807, 2.05) is 0 Å². The first-order valence-corrected chi connectivity index (χ1v) is 18.1. The van der Waals surface area contributed by atoms with E-state index in [0.717, 1.165) is 12.8 Å². The minimum atomic E-state index is 0.944. The lowest BCUT2D eigenvalue weighted by molar-refractivity contribution is 0.930. The fourth-order valence-corrected chi connectivity index (χ4v) is 8.11. The quantitative estimate of drug-likeness (QED) is 0.172. The Balaban J connectivity index is 1.02. The summed E-state index contributed by atoms with van der Waals surface area (Å²) in [5.41, 5.74) is 12.4. The van der Waals surface area contributed by atoms with Gasteiger partial charge >= 0.3 is 0 Å². The Bertz CT molecular complexity index is 2820. The molecule has 0 aliphatic heterocycles. The van der Waals surface area contributed by atoms with Crippen LogP contribution < -0.4 is 4.90 Å². The van der Waals surface area contributed by atoms with Gasteiger partial charge in [-0.1, -0.05) is 146 Å². The van der Waals surface area contributed by atoms with Crippen LogP contribution in [0.5, 0.6) is 0 Å². The lowest BCUT2D eigenvalue weighted by Gasteiger charge is -2.30. The third kappa shape index (κ3) is 5.20. The Kier molecular flexibility index (Phi) is 7.32. The van der Waals surface area contributed by atoms with Gasteiger partial charge in [0, 0.05) is 38.9 Å². The zero-order valence-electron chi connectivity index (χ0n) is 28.8. The minimum Gasteiger partial charge on any atom is -0.314 e. The number of aromatic nitrogens is 1. The molecule has 246 valence electrons. The van der Waals surface area contributed by atoms with Crippen LogP contribution >= 0.6 is 0 Å². The van der Waals surface area contributed by atoms with E-state index in [-0.39, 0.29) is 0 Å². The predicted molar refractivity (Wildman–Crippen MR) is 222 cm³/mol. The standard InChI is InChI=1S/C50H36N2/c1-2-10-35(11-3-1)37-18-26-42(27-19-37)51(45-32-24-36-12-4-5-14-41(36)34-45)43-28-20-38(21-29-43)39-22-30-44(31-23-39)52-49-17-9-8-16-47(49)48-33-25-40-13-6-7-15-46(40)50(48)52/h1-20,22-28,30-34H,21,29H2. The molecule has 0 amide bonds. The Labute approximate surface area is 303 Å². The molecule has 0 bridgehead atoms. The molecule has 2 heteroatoms.